The fourth-order valence-corrected chi connectivity index (χ4v) is 1.74. The van der Waals surface area contributed by atoms with E-state index >= 15 is 0 Å². The van der Waals surface area contributed by atoms with Gasteiger partial charge in [0.15, 0.2) is 0 Å². The van der Waals surface area contributed by atoms with Gasteiger partial charge in [-0.3, -0.25) is 0 Å². The summed E-state index contributed by atoms with van der Waals surface area (Å²) in [6.45, 7) is 8.88. The molecule has 0 rings (SSSR count). The molecule has 86 valence electrons. The largest absolute Gasteiger partial charge is 0.394 e. The van der Waals surface area contributed by atoms with Crippen LogP contribution in [0.1, 0.15) is 59.8 Å². The summed E-state index contributed by atoms with van der Waals surface area (Å²) in [5, 5.41) is 12.9. The van der Waals surface area contributed by atoms with Crippen LogP contribution in [-0.2, 0) is 0 Å². The summed E-state index contributed by atoms with van der Waals surface area (Å²) in [5.41, 5.74) is -0.0883. The highest BCUT2D eigenvalue weighted by Gasteiger charge is 2.23. The van der Waals surface area contributed by atoms with Crippen LogP contribution in [0.5, 0.6) is 0 Å². The molecule has 0 bridgehead atoms. The Morgan fingerprint density at radius 1 is 1.14 bits per heavy atom. The van der Waals surface area contributed by atoms with Gasteiger partial charge in [0.2, 0.25) is 0 Å². The molecule has 1 unspecified atom stereocenters. The molecule has 0 heterocycles. The Morgan fingerprint density at radius 3 is 1.93 bits per heavy atom. The fraction of sp³-hybridized carbons (Fsp3) is 1.00. The number of aliphatic hydroxyl groups excluding tert-OH is 1. The molecule has 0 aromatic rings. The first-order valence-corrected chi connectivity index (χ1v) is 6.00. The molecular weight excluding hydrogens is 174 g/mol. The molecule has 0 aliphatic heterocycles. The van der Waals surface area contributed by atoms with Crippen LogP contribution in [0.15, 0.2) is 0 Å². The van der Waals surface area contributed by atoms with E-state index < -0.39 is 0 Å². The van der Waals surface area contributed by atoms with Gasteiger partial charge < -0.3 is 10.4 Å². The second-order valence-corrected chi connectivity index (χ2v) is 4.49. The van der Waals surface area contributed by atoms with E-state index in [9.17, 15) is 5.11 Å². The Balaban J connectivity index is 4.10. The Hall–Kier alpha value is -0.0800. The van der Waals surface area contributed by atoms with Crippen LogP contribution >= 0.6 is 0 Å². The molecule has 0 amide bonds. The summed E-state index contributed by atoms with van der Waals surface area (Å²) in [5.74, 6) is 0. The summed E-state index contributed by atoms with van der Waals surface area (Å²) in [6.07, 6.45) is 5.83. The van der Waals surface area contributed by atoms with Crippen molar-refractivity contribution in [1.29, 1.82) is 0 Å². The van der Waals surface area contributed by atoms with E-state index in [1.807, 2.05) is 0 Å². The average Bonchev–Trinajstić information content (AvgIpc) is 2.18. The van der Waals surface area contributed by atoms with E-state index in [0.29, 0.717) is 6.04 Å². The van der Waals surface area contributed by atoms with Crippen LogP contribution in [0.3, 0.4) is 0 Å². The Kier molecular flexibility index (Phi) is 7.20. The van der Waals surface area contributed by atoms with Crippen LogP contribution < -0.4 is 5.32 Å². The molecule has 0 fully saturated rings. The van der Waals surface area contributed by atoms with Gasteiger partial charge >= 0.3 is 0 Å². The lowest BCUT2D eigenvalue weighted by molar-refractivity contribution is 0.152. The first-order valence-electron chi connectivity index (χ1n) is 6.00. The quantitative estimate of drug-likeness (QED) is 0.633. The van der Waals surface area contributed by atoms with Crippen molar-refractivity contribution in [2.75, 3.05) is 6.61 Å². The molecule has 2 nitrogen and oxygen atoms in total. The summed E-state index contributed by atoms with van der Waals surface area (Å²) < 4.78 is 0. The maximum Gasteiger partial charge on any atom is 0.0610 e. The molecule has 2 N–H and O–H groups in total. The second-order valence-electron chi connectivity index (χ2n) is 4.49. The molecule has 14 heavy (non-hydrogen) atoms. The minimum absolute atomic E-state index is 0.0883. The van der Waals surface area contributed by atoms with E-state index in [2.05, 4.69) is 33.0 Å². The van der Waals surface area contributed by atoms with Gasteiger partial charge in [-0.25, -0.2) is 0 Å². The van der Waals surface area contributed by atoms with Crippen LogP contribution in [-0.4, -0.2) is 23.3 Å². The molecule has 0 aromatic heterocycles. The van der Waals surface area contributed by atoms with Gasteiger partial charge in [0.1, 0.15) is 0 Å². The SMILES string of the molecule is CCCC(CCC)NC(C)(CC)CO. The van der Waals surface area contributed by atoms with Gasteiger partial charge in [-0.05, 0) is 26.2 Å². The smallest absolute Gasteiger partial charge is 0.0610 e. The van der Waals surface area contributed by atoms with Crippen molar-refractivity contribution in [3.63, 3.8) is 0 Å². The Bertz CT molecular complexity index is 126. The zero-order valence-electron chi connectivity index (χ0n) is 10.3. The van der Waals surface area contributed by atoms with Crippen molar-refractivity contribution in [1.82, 2.24) is 5.32 Å². The minimum Gasteiger partial charge on any atom is -0.394 e. The Morgan fingerprint density at radius 2 is 1.64 bits per heavy atom. The number of hydrogen-bond donors (Lipinski definition) is 2. The predicted octanol–water partition coefficient (Wildman–Crippen LogP) is 2.71. The monoisotopic (exact) mass is 201 g/mol. The van der Waals surface area contributed by atoms with Crippen molar-refractivity contribution in [3.05, 3.63) is 0 Å². The number of rotatable bonds is 8. The van der Waals surface area contributed by atoms with E-state index in [1.54, 1.807) is 0 Å². The summed E-state index contributed by atoms with van der Waals surface area (Å²) >= 11 is 0. The van der Waals surface area contributed by atoms with Crippen molar-refractivity contribution in [3.8, 4) is 0 Å². The maximum atomic E-state index is 9.31. The molecule has 0 saturated carbocycles. The molecule has 0 aromatic carbocycles. The first-order chi connectivity index (χ1) is 6.61. The van der Waals surface area contributed by atoms with Crippen molar-refractivity contribution < 1.29 is 5.11 Å². The van der Waals surface area contributed by atoms with Crippen LogP contribution in [0.25, 0.3) is 0 Å². The second kappa shape index (κ2) is 7.24. The van der Waals surface area contributed by atoms with E-state index in [4.69, 9.17) is 0 Å². The number of nitrogens with one attached hydrogen (secondary N) is 1. The zero-order valence-corrected chi connectivity index (χ0v) is 10.3. The molecule has 0 saturated heterocycles. The topological polar surface area (TPSA) is 32.3 Å². The van der Waals surface area contributed by atoms with Crippen LogP contribution in [0, 0.1) is 0 Å². The van der Waals surface area contributed by atoms with Crippen molar-refractivity contribution >= 4 is 0 Å². The highest BCUT2D eigenvalue weighted by molar-refractivity contribution is 4.84. The standard InChI is InChI=1S/C12H27NO/c1-5-8-11(9-6-2)13-12(4,7-3)10-14/h11,13-14H,5-10H2,1-4H3. The predicted molar refractivity (Wildman–Crippen MR) is 62.5 cm³/mol. The van der Waals surface area contributed by atoms with Gasteiger partial charge in [-0.1, -0.05) is 33.6 Å². The number of hydrogen-bond acceptors (Lipinski definition) is 2. The maximum absolute atomic E-state index is 9.31. The van der Waals surface area contributed by atoms with E-state index in [0.717, 1.165) is 6.42 Å². The molecule has 1 atom stereocenters. The average molecular weight is 201 g/mol. The van der Waals surface area contributed by atoms with Gasteiger partial charge in [-0.15, -0.1) is 0 Å². The highest BCUT2D eigenvalue weighted by atomic mass is 16.3. The molecule has 0 aliphatic rings. The van der Waals surface area contributed by atoms with Crippen LogP contribution in [0.2, 0.25) is 0 Å². The molecule has 0 spiro atoms. The summed E-state index contributed by atoms with van der Waals surface area (Å²) in [6, 6.07) is 0.571. The van der Waals surface area contributed by atoms with E-state index in [1.165, 1.54) is 25.7 Å². The lowest BCUT2D eigenvalue weighted by Crippen LogP contribution is -2.50. The molecular formula is C12H27NO. The van der Waals surface area contributed by atoms with E-state index in [-0.39, 0.29) is 12.1 Å². The fourth-order valence-electron chi connectivity index (χ4n) is 1.74. The van der Waals surface area contributed by atoms with Gasteiger partial charge in [0.05, 0.1) is 6.61 Å². The molecule has 0 radical (unpaired) electrons. The Labute approximate surface area is 89.1 Å². The van der Waals surface area contributed by atoms with Crippen molar-refractivity contribution in [2.24, 2.45) is 0 Å². The molecule has 2 heteroatoms. The van der Waals surface area contributed by atoms with Crippen LogP contribution in [0.4, 0.5) is 0 Å². The number of aliphatic hydroxyl groups is 1. The minimum atomic E-state index is -0.0883. The zero-order chi connectivity index (χ0) is 11.0. The molecule has 0 aliphatic carbocycles. The third-order valence-electron chi connectivity index (χ3n) is 2.96. The lowest BCUT2D eigenvalue weighted by Gasteiger charge is -2.32. The lowest BCUT2D eigenvalue weighted by atomic mass is 9.96. The normalized spacial score (nSPS) is 15.9. The van der Waals surface area contributed by atoms with Gasteiger partial charge in [-0.2, -0.15) is 0 Å². The first kappa shape index (κ1) is 13.9. The summed E-state index contributed by atoms with van der Waals surface area (Å²) in [4.78, 5) is 0. The third-order valence-corrected chi connectivity index (χ3v) is 2.96. The van der Waals surface area contributed by atoms with Crippen molar-refractivity contribution in [2.45, 2.75) is 71.4 Å². The van der Waals surface area contributed by atoms with Gasteiger partial charge in [0.25, 0.3) is 0 Å². The summed E-state index contributed by atoms with van der Waals surface area (Å²) in [7, 11) is 0. The highest BCUT2D eigenvalue weighted by Crippen LogP contribution is 2.14. The third kappa shape index (κ3) is 4.97. The van der Waals surface area contributed by atoms with Gasteiger partial charge in [0, 0.05) is 11.6 Å².